The molecule has 2 rings (SSSR count). The number of likely N-dealkylation sites (tertiary alicyclic amines) is 1. The standard InChI is InChI=1S/C19H30N2O5.C6H13N.C4H10/c1-12(2)16(21(4)17(23)10-20-11-22)9-13(3)18(24)14-7-6-8-15(14)19(25)26-5;1-7-5-3-2-4-6-7;1-4(2)3/h9,11-12,14-16H,6-8,10H2,1-5H3,(H,20,22);2-6H2,1H3;4H,1-3H3/b13-9+;;/t14?,15-,16-;;/m1../s1. The van der Waals surface area contributed by atoms with Crippen LogP contribution in [0.4, 0.5) is 0 Å². The average Bonchev–Trinajstić information content (AvgIpc) is 3.34. The lowest BCUT2D eigenvalue weighted by Gasteiger charge is -2.30. The summed E-state index contributed by atoms with van der Waals surface area (Å²) in [6.07, 6.45) is 8.71. The second-order valence-electron chi connectivity index (χ2n) is 11.2. The van der Waals surface area contributed by atoms with E-state index in [2.05, 4.69) is 38.0 Å². The van der Waals surface area contributed by atoms with Gasteiger partial charge in [0.25, 0.3) is 0 Å². The van der Waals surface area contributed by atoms with Crippen LogP contribution in [-0.4, -0.2) is 80.8 Å². The second kappa shape index (κ2) is 18.9. The minimum atomic E-state index is -0.385. The summed E-state index contributed by atoms with van der Waals surface area (Å²) in [6.45, 7) is 14.7. The third-order valence-corrected chi connectivity index (χ3v) is 6.61. The first-order chi connectivity index (χ1) is 17.4. The van der Waals surface area contributed by atoms with Gasteiger partial charge in [-0.15, -0.1) is 0 Å². The molecule has 2 aliphatic rings. The molecule has 1 heterocycles. The van der Waals surface area contributed by atoms with Crippen LogP contribution in [0.25, 0.3) is 0 Å². The fourth-order valence-electron chi connectivity index (χ4n) is 4.56. The zero-order valence-electron chi connectivity index (χ0n) is 24.8. The molecule has 0 spiro atoms. The molecule has 8 heteroatoms. The molecule has 1 N–H and O–H groups in total. The summed E-state index contributed by atoms with van der Waals surface area (Å²) in [5.41, 5.74) is 0.549. The average molecular weight is 524 g/mol. The second-order valence-corrected chi connectivity index (χ2v) is 11.2. The highest BCUT2D eigenvalue weighted by Crippen LogP contribution is 2.35. The lowest BCUT2D eigenvalue weighted by atomic mass is 9.87. The highest BCUT2D eigenvalue weighted by atomic mass is 16.5. The van der Waals surface area contributed by atoms with Gasteiger partial charge in [-0.2, -0.15) is 0 Å². The summed E-state index contributed by atoms with van der Waals surface area (Å²) >= 11 is 0. The van der Waals surface area contributed by atoms with Gasteiger partial charge in [0.05, 0.1) is 25.6 Å². The monoisotopic (exact) mass is 523 g/mol. The van der Waals surface area contributed by atoms with Crippen LogP contribution in [0.5, 0.6) is 0 Å². The first-order valence-electron chi connectivity index (χ1n) is 13.8. The van der Waals surface area contributed by atoms with Crippen molar-refractivity contribution in [2.24, 2.45) is 23.7 Å². The number of nitrogens with zero attached hydrogens (tertiary/aromatic N) is 2. The maximum absolute atomic E-state index is 12.9. The van der Waals surface area contributed by atoms with Crippen molar-refractivity contribution in [2.45, 2.75) is 86.1 Å². The highest BCUT2D eigenvalue weighted by molar-refractivity contribution is 5.99. The molecule has 1 unspecified atom stereocenters. The number of piperidine rings is 1. The Kier molecular flexibility index (Phi) is 17.8. The number of esters is 1. The van der Waals surface area contributed by atoms with E-state index >= 15 is 0 Å². The van der Waals surface area contributed by atoms with E-state index in [1.165, 1.54) is 44.4 Å². The zero-order valence-corrected chi connectivity index (χ0v) is 24.8. The van der Waals surface area contributed by atoms with Crippen LogP contribution < -0.4 is 5.32 Å². The van der Waals surface area contributed by atoms with Crippen molar-refractivity contribution in [3.63, 3.8) is 0 Å². The zero-order chi connectivity index (χ0) is 28.5. The Hall–Kier alpha value is -2.22. The number of likely N-dealkylation sites (N-methyl/N-ethyl adjacent to an activating group) is 1. The van der Waals surface area contributed by atoms with Crippen LogP contribution in [0.1, 0.15) is 80.1 Å². The summed E-state index contributed by atoms with van der Waals surface area (Å²) in [7, 11) is 5.19. The predicted molar refractivity (Wildman–Crippen MR) is 149 cm³/mol. The molecule has 214 valence electrons. The highest BCUT2D eigenvalue weighted by Gasteiger charge is 2.39. The van der Waals surface area contributed by atoms with Crippen LogP contribution in [0.3, 0.4) is 0 Å². The number of nitrogens with one attached hydrogen (secondary N) is 1. The molecule has 0 aromatic rings. The van der Waals surface area contributed by atoms with Crippen molar-refractivity contribution < 1.29 is 23.9 Å². The molecule has 1 saturated heterocycles. The summed E-state index contributed by atoms with van der Waals surface area (Å²) in [4.78, 5) is 51.2. The summed E-state index contributed by atoms with van der Waals surface area (Å²) in [5.74, 6) is -0.450. The Morgan fingerprint density at radius 3 is 1.97 bits per heavy atom. The van der Waals surface area contributed by atoms with Gasteiger partial charge in [-0.25, -0.2) is 0 Å². The number of rotatable bonds is 9. The van der Waals surface area contributed by atoms with E-state index in [9.17, 15) is 19.2 Å². The molecule has 3 atom stereocenters. The lowest BCUT2D eigenvalue weighted by molar-refractivity contribution is -0.148. The Bertz CT molecular complexity index is 726. The van der Waals surface area contributed by atoms with Gasteiger partial charge in [0.2, 0.25) is 12.3 Å². The van der Waals surface area contributed by atoms with Gasteiger partial charge in [-0.3, -0.25) is 19.2 Å². The Morgan fingerprint density at radius 1 is 1.00 bits per heavy atom. The summed E-state index contributed by atoms with van der Waals surface area (Å²) < 4.78 is 4.82. The molecule has 2 amide bonds. The van der Waals surface area contributed by atoms with Crippen molar-refractivity contribution in [2.75, 3.05) is 40.8 Å². The molecule has 37 heavy (non-hydrogen) atoms. The van der Waals surface area contributed by atoms with E-state index in [1.807, 2.05) is 13.8 Å². The number of amides is 2. The summed E-state index contributed by atoms with van der Waals surface area (Å²) in [5, 5.41) is 2.36. The number of methoxy groups -OCH3 is 1. The van der Waals surface area contributed by atoms with E-state index in [0.29, 0.717) is 24.8 Å². The van der Waals surface area contributed by atoms with Gasteiger partial charge in [-0.05, 0) is 70.2 Å². The fourth-order valence-corrected chi connectivity index (χ4v) is 4.56. The smallest absolute Gasteiger partial charge is 0.309 e. The van der Waals surface area contributed by atoms with Crippen LogP contribution in [0.15, 0.2) is 11.6 Å². The Balaban J connectivity index is 0.000000968. The van der Waals surface area contributed by atoms with E-state index in [0.717, 1.165) is 12.3 Å². The minimum absolute atomic E-state index is 0.0598. The van der Waals surface area contributed by atoms with Gasteiger partial charge in [0.15, 0.2) is 5.78 Å². The molecule has 1 aliphatic carbocycles. The van der Waals surface area contributed by atoms with E-state index in [-0.39, 0.29) is 48.0 Å². The van der Waals surface area contributed by atoms with Crippen molar-refractivity contribution in [3.05, 3.63) is 11.6 Å². The van der Waals surface area contributed by atoms with Crippen molar-refractivity contribution in [3.8, 4) is 0 Å². The van der Waals surface area contributed by atoms with Crippen molar-refractivity contribution >= 4 is 24.1 Å². The topological polar surface area (TPSA) is 96.0 Å². The number of Topliss-reactive ketones (excluding diaryl/α,β-unsaturated/α-hetero) is 1. The maximum atomic E-state index is 12.9. The molecular weight excluding hydrogens is 470 g/mol. The molecule has 8 nitrogen and oxygen atoms in total. The molecule has 0 radical (unpaired) electrons. The lowest BCUT2D eigenvalue weighted by Crippen LogP contribution is -2.43. The summed E-state index contributed by atoms with van der Waals surface area (Å²) in [6, 6.07) is -0.280. The molecule has 1 aliphatic heterocycles. The largest absolute Gasteiger partial charge is 0.469 e. The quantitative estimate of drug-likeness (QED) is 0.278. The number of allylic oxidation sites excluding steroid dienone is 1. The van der Waals surface area contributed by atoms with Crippen molar-refractivity contribution in [1.29, 1.82) is 0 Å². The van der Waals surface area contributed by atoms with Crippen LogP contribution in [0.2, 0.25) is 0 Å². The molecule has 1 saturated carbocycles. The minimum Gasteiger partial charge on any atom is -0.469 e. The Labute approximate surface area is 225 Å². The molecule has 0 aromatic heterocycles. The van der Waals surface area contributed by atoms with Crippen LogP contribution in [-0.2, 0) is 23.9 Å². The maximum Gasteiger partial charge on any atom is 0.309 e. The number of ether oxygens (including phenoxy) is 1. The Morgan fingerprint density at radius 2 is 1.54 bits per heavy atom. The first kappa shape index (κ1) is 34.8. The molecular formula is C29H53N3O5. The molecule has 2 fully saturated rings. The van der Waals surface area contributed by atoms with Gasteiger partial charge in [0, 0.05) is 13.0 Å². The van der Waals surface area contributed by atoms with Gasteiger partial charge in [-0.1, -0.05) is 53.5 Å². The molecule has 0 aromatic carbocycles. The number of carbonyl (C=O) groups is 4. The number of hydrogen-bond acceptors (Lipinski definition) is 6. The predicted octanol–water partition coefficient (Wildman–Crippen LogP) is 4.08. The van der Waals surface area contributed by atoms with Crippen LogP contribution >= 0.6 is 0 Å². The fraction of sp³-hybridized carbons (Fsp3) is 0.793. The van der Waals surface area contributed by atoms with Crippen LogP contribution in [0, 0.1) is 23.7 Å². The first-order valence-corrected chi connectivity index (χ1v) is 13.8. The number of carbonyl (C=O) groups excluding carboxylic acids is 4. The number of ketones is 1. The van der Waals surface area contributed by atoms with Crippen molar-refractivity contribution in [1.82, 2.24) is 15.1 Å². The third-order valence-electron chi connectivity index (χ3n) is 6.61. The van der Waals surface area contributed by atoms with E-state index in [4.69, 9.17) is 4.74 Å². The van der Waals surface area contributed by atoms with Gasteiger partial charge >= 0.3 is 5.97 Å². The van der Waals surface area contributed by atoms with Gasteiger partial charge < -0.3 is 19.9 Å². The number of hydrogen-bond donors (Lipinski definition) is 1. The molecule has 0 bridgehead atoms. The SMILES string of the molecule is CC(C)C.CN1CCCCC1.COC(=O)[C@@H]1CCCC1C(=O)/C(C)=C/[C@H](C(C)C)N(C)C(=O)CNC=O. The normalized spacial score (nSPS) is 20.7. The van der Waals surface area contributed by atoms with Gasteiger partial charge in [0.1, 0.15) is 0 Å². The van der Waals surface area contributed by atoms with E-state index in [1.54, 1.807) is 20.0 Å². The van der Waals surface area contributed by atoms with E-state index < -0.39 is 0 Å². The third kappa shape index (κ3) is 13.8.